The van der Waals surface area contributed by atoms with Crippen LogP contribution in [0.2, 0.25) is 0 Å². The first-order valence-corrected chi connectivity index (χ1v) is 6.29. The summed E-state index contributed by atoms with van der Waals surface area (Å²) in [6, 6.07) is 9.56. The number of nitro benzene ring substituents is 1. The van der Waals surface area contributed by atoms with Gasteiger partial charge in [0.1, 0.15) is 0 Å². The molecule has 0 aromatic heterocycles. The summed E-state index contributed by atoms with van der Waals surface area (Å²) in [6.07, 6.45) is 0. The summed E-state index contributed by atoms with van der Waals surface area (Å²) >= 11 is 5.58. The van der Waals surface area contributed by atoms with Crippen molar-refractivity contribution >= 4 is 17.3 Å². The molecule has 0 spiro atoms. The predicted molar refractivity (Wildman–Crippen MR) is 73.8 cm³/mol. The monoisotopic (exact) mass is 306 g/mol. The van der Waals surface area contributed by atoms with Crippen molar-refractivity contribution in [3.63, 3.8) is 0 Å². The van der Waals surface area contributed by atoms with Gasteiger partial charge in [-0.15, -0.1) is 11.6 Å². The molecule has 0 fully saturated rings. The average molecular weight is 307 g/mol. The van der Waals surface area contributed by atoms with Gasteiger partial charge >= 0.3 is 5.69 Å². The fourth-order valence-electron chi connectivity index (χ4n) is 1.64. The van der Waals surface area contributed by atoms with E-state index in [1.165, 1.54) is 24.3 Å². The highest BCUT2D eigenvalue weighted by atomic mass is 35.5. The summed E-state index contributed by atoms with van der Waals surface area (Å²) in [6.45, 7) is 0. The Morgan fingerprint density at radius 1 is 1.29 bits per heavy atom. The van der Waals surface area contributed by atoms with Crippen molar-refractivity contribution in [3.05, 3.63) is 63.5 Å². The van der Waals surface area contributed by atoms with Gasteiger partial charge < -0.3 is 4.74 Å². The predicted octanol–water partition coefficient (Wildman–Crippen LogP) is 4.14. The van der Waals surface area contributed by atoms with Gasteiger partial charge in [-0.2, -0.15) is 5.26 Å². The van der Waals surface area contributed by atoms with Crippen molar-refractivity contribution in [1.82, 2.24) is 0 Å². The van der Waals surface area contributed by atoms with Gasteiger partial charge in [0.25, 0.3) is 0 Å². The minimum absolute atomic E-state index is 0.118. The molecule has 0 atom stereocenters. The highest BCUT2D eigenvalue weighted by molar-refractivity contribution is 6.17. The van der Waals surface area contributed by atoms with Gasteiger partial charge in [-0.1, -0.05) is 6.07 Å². The number of hydrogen-bond donors (Lipinski definition) is 0. The SMILES string of the molecule is N#Cc1ccc(Oc2ccc(CCl)cc2F)c([N+](=O)[O-])c1. The molecule has 0 saturated carbocycles. The molecule has 21 heavy (non-hydrogen) atoms. The zero-order valence-electron chi connectivity index (χ0n) is 10.5. The lowest BCUT2D eigenvalue weighted by atomic mass is 10.2. The number of ether oxygens (including phenoxy) is 1. The van der Waals surface area contributed by atoms with Crippen LogP contribution in [0.25, 0.3) is 0 Å². The minimum atomic E-state index is -0.693. The average Bonchev–Trinajstić information content (AvgIpc) is 2.49. The van der Waals surface area contributed by atoms with Gasteiger partial charge in [-0.05, 0) is 29.8 Å². The molecule has 5 nitrogen and oxygen atoms in total. The molecule has 0 radical (unpaired) electrons. The van der Waals surface area contributed by atoms with Crippen LogP contribution in [-0.2, 0) is 5.88 Å². The lowest BCUT2D eigenvalue weighted by Crippen LogP contribution is -1.96. The number of nitro groups is 1. The summed E-state index contributed by atoms with van der Waals surface area (Å²) < 4.78 is 19.0. The third-order valence-corrected chi connectivity index (χ3v) is 2.96. The molecule has 0 aliphatic heterocycles. The fraction of sp³-hybridized carbons (Fsp3) is 0.0714. The Balaban J connectivity index is 2.40. The van der Waals surface area contributed by atoms with Crippen LogP contribution in [0.1, 0.15) is 11.1 Å². The summed E-state index contributed by atoms with van der Waals surface area (Å²) in [5.74, 6) is -0.825. The lowest BCUT2D eigenvalue weighted by molar-refractivity contribution is -0.385. The van der Waals surface area contributed by atoms with Crippen LogP contribution in [0.5, 0.6) is 11.5 Å². The van der Waals surface area contributed by atoms with E-state index in [0.29, 0.717) is 5.56 Å². The number of rotatable bonds is 4. The Kier molecular flexibility index (Phi) is 4.36. The van der Waals surface area contributed by atoms with E-state index >= 15 is 0 Å². The molecule has 7 heteroatoms. The Morgan fingerprint density at radius 3 is 2.57 bits per heavy atom. The smallest absolute Gasteiger partial charge is 0.312 e. The summed E-state index contributed by atoms with van der Waals surface area (Å²) in [4.78, 5) is 10.3. The van der Waals surface area contributed by atoms with Gasteiger partial charge in [0, 0.05) is 11.9 Å². The number of halogens is 2. The van der Waals surface area contributed by atoms with Crippen molar-refractivity contribution in [1.29, 1.82) is 5.26 Å². The van der Waals surface area contributed by atoms with E-state index in [4.69, 9.17) is 21.6 Å². The molecule has 0 amide bonds. The van der Waals surface area contributed by atoms with Crippen molar-refractivity contribution in [2.45, 2.75) is 5.88 Å². The minimum Gasteiger partial charge on any atom is -0.447 e. The molecule has 0 bridgehead atoms. The Bertz CT molecular complexity index is 743. The quantitative estimate of drug-likeness (QED) is 0.483. The first-order valence-electron chi connectivity index (χ1n) is 5.76. The molecule has 2 aromatic rings. The summed E-state index contributed by atoms with van der Waals surface area (Å²) in [7, 11) is 0. The zero-order chi connectivity index (χ0) is 15.4. The maximum Gasteiger partial charge on any atom is 0.312 e. The zero-order valence-corrected chi connectivity index (χ0v) is 11.3. The molecular weight excluding hydrogens is 299 g/mol. The maximum absolute atomic E-state index is 13.8. The summed E-state index contributed by atoms with van der Waals surface area (Å²) in [5.41, 5.74) is 0.276. The maximum atomic E-state index is 13.8. The van der Waals surface area contributed by atoms with Gasteiger partial charge in [0.15, 0.2) is 11.6 Å². The van der Waals surface area contributed by atoms with Crippen LogP contribution < -0.4 is 4.74 Å². The van der Waals surface area contributed by atoms with Crippen LogP contribution in [0.4, 0.5) is 10.1 Å². The van der Waals surface area contributed by atoms with Crippen molar-refractivity contribution in [2.75, 3.05) is 0 Å². The molecule has 0 heterocycles. The van der Waals surface area contributed by atoms with Crippen LogP contribution in [0, 0.1) is 27.3 Å². The highest BCUT2D eigenvalue weighted by Gasteiger charge is 2.18. The molecule has 106 valence electrons. The van der Waals surface area contributed by atoms with Crippen LogP contribution in [-0.4, -0.2) is 4.92 Å². The van der Waals surface area contributed by atoms with Gasteiger partial charge in [0.2, 0.25) is 5.75 Å². The topological polar surface area (TPSA) is 76.2 Å². The fourth-order valence-corrected chi connectivity index (χ4v) is 1.81. The van der Waals surface area contributed by atoms with E-state index in [9.17, 15) is 14.5 Å². The molecular formula is C14H8ClFN2O3. The van der Waals surface area contributed by atoms with Crippen molar-refractivity contribution < 1.29 is 14.1 Å². The number of nitrogens with zero attached hydrogens (tertiary/aromatic N) is 2. The molecule has 2 rings (SSSR count). The number of hydrogen-bond acceptors (Lipinski definition) is 4. The van der Waals surface area contributed by atoms with Crippen molar-refractivity contribution in [2.24, 2.45) is 0 Å². The first kappa shape index (κ1) is 14.8. The second-order valence-corrected chi connectivity index (χ2v) is 4.32. The van der Waals surface area contributed by atoms with Crippen LogP contribution in [0.15, 0.2) is 36.4 Å². The Morgan fingerprint density at radius 2 is 2.00 bits per heavy atom. The highest BCUT2D eigenvalue weighted by Crippen LogP contribution is 2.33. The standard InChI is InChI=1S/C14H8ClFN2O3/c15-7-9-1-3-13(11(16)5-9)21-14-4-2-10(8-17)6-12(14)18(19)20/h1-6H,7H2. The molecule has 0 N–H and O–H groups in total. The second-order valence-electron chi connectivity index (χ2n) is 4.05. The van der Waals surface area contributed by atoms with Crippen molar-refractivity contribution in [3.8, 4) is 17.6 Å². The number of alkyl halides is 1. The molecule has 0 aliphatic rings. The molecule has 2 aromatic carbocycles. The van der Waals surface area contributed by atoms with Gasteiger partial charge in [-0.3, -0.25) is 10.1 Å². The number of benzene rings is 2. The largest absolute Gasteiger partial charge is 0.447 e. The third-order valence-electron chi connectivity index (χ3n) is 2.66. The van der Waals surface area contributed by atoms with Gasteiger partial charge in [0.05, 0.1) is 16.6 Å². The molecule has 0 unspecified atom stereocenters. The van der Waals surface area contributed by atoms with E-state index in [1.54, 1.807) is 12.1 Å². The third kappa shape index (κ3) is 3.27. The molecule has 0 saturated heterocycles. The lowest BCUT2D eigenvalue weighted by Gasteiger charge is -2.08. The van der Waals surface area contributed by atoms with E-state index in [1.807, 2.05) is 0 Å². The number of nitriles is 1. The van der Waals surface area contributed by atoms with E-state index in [0.717, 1.165) is 6.07 Å². The van der Waals surface area contributed by atoms with Crippen LogP contribution in [0.3, 0.4) is 0 Å². The molecule has 0 aliphatic carbocycles. The normalized spacial score (nSPS) is 9.95. The van der Waals surface area contributed by atoms with Crippen LogP contribution >= 0.6 is 11.6 Å². The second kappa shape index (κ2) is 6.20. The van der Waals surface area contributed by atoms with E-state index in [2.05, 4.69) is 0 Å². The van der Waals surface area contributed by atoms with E-state index < -0.39 is 16.4 Å². The first-order chi connectivity index (χ1) is 10.0. The van der Waals surface area contributed by atoms with E-state index in [-0.39, 0.29) is 22.9 Å². The van der Waals surface area contributed by atoms with Gasteiger partial charge in [-0.25, -0.2) is 4.39 Å². The Hall–Kier alpha value is -2.65. The summed E-state index contributed by atoms with van der Waals surface area (Å²) in [5, 5.41) is 19.7. The Labute approximate surface area is 124 Å².